The van der Waals surface area contributed by atoms with E-state index in [1.165, 1.54) is 14.2 Å². The first-order valence-electron chi connectivity index (χ1n) is 6.59. The number of carbonyl (C=O) groups is 2. The summed E-state index contributed by atoms with van der Waals surface area (Å²) >= 11 is 1.02. The van der Waals surface area contributed by atoms with Crippen LogP contribution in [0.5, 0.6) is 5.75 Å². The maximum atomic E-state index is 12.3. The molecule has 2 rings (SSSR count). The van der Waals surface area contributed by atoms with Crippen LogP contribution >= 0.6 is 11.3 Å². The largest absolute Gasteiger partial charge is 0.497 e. The predicted molar refractivity (Wildman–Crippen MR) is 86.1 cm³/mol. The van der Waals surface area contributed by atoms with Gasteiger partial charge in [-0.1, -0.05) is 0 Å². The van der Waals surface area contributed by atoms with Gasteiger partial charge in [0.15, 0.2) is 0 Å². The van der Waals surface area contributed by atoms with E-state index >= 15 is 0 Å². The van der Waals surface area contributed by atoms with Crippen LogP contribution in [0.4, 0.5) is 5.00 Å². The fraction of sp³-hybridized carbons (Fsp3) is 0.188. The van der Waals surface area contributed by atoms with Gasteiger partial charge in [-0.25, -0.2) is 4.79 Å². The van der Waals surface area contributed by atoms with Gasteiger partial charge in [0.2, 0.25) is 0 Å². The summed E-state index contributed by atoms with van der Waals surface area (Å²) in [5.74, 6) is -0.269. The summed E-state index contributed by atoms with van der Waals surface area (Å²) in [6, 6.07) is 8.56. The number of rotatable bonds is 4. The van der Waals surface area contributed by atoms with Gasteiger partial charge < -0.3 is 14.8 Å². The molecule has 0 bridgehead atoms. The van der Waals surface area contributed by atoms with Gasteiger partial charge in [0.05, 0.1) is 19.8 Å². The highest BCUT2D eigenvalue weighted by Crippen LogP contribution is 2.33. The summed E-state index contributed by atoms with van der Waals surface area (Å²) in [7, 11) is 2.81. The standard InChI is InChI=1S/C16H14N2O4S/c1-9-12(8-17)15(23-13(9)16(20)22-3)18-14(19)10-4-6-11(21-2)7-5-10/h4-7H,1-3H3,(H,18,19). The summed E-state index contributed by atoms with van der Waals surface area (Å²) in [4.78, 5) is 24.3. The molecule has 0 unspecified atom stereocenters. The number of anilines is 1. The summed E-state index contributed by atoms with van der Waals surface area (Å²) in [6.45, 7) is 1.64. The molecule has 1 aromatic heterocycles. The van der Waals surface area contributed by atoms with Crippen LogP contribution in [0.25, 0.3) is 0 Å². The Morgan fingerprint density at radius 3 is 2.39 bits per heavy atom. The molecule has 0 saturated heterocycles. The molecule has 1 aromatic carbocycles. The van der Waals surface area contributed by atoms with Gasteiger partial charge in [0, 0.05) is 5.56 Å². The number of amides is 1. The van der Waals surface area contributed by atoms with E-state index in [1.54, 1.807) is 31.2 Å². The number of hydrogen-bond acceptors (Lipinski definition) is 6. The number of benzene rings is 1. The number of carbonyl (C=O) groups excluding carboxylic acids is 2. The Morgan fingerprint density at radius 2 is 1.87 bits per heavy atom. The third kappa shape index (κ3) is 3.33. The van der Waals surface area contributed by atoms with Crippen LogP contribution in [0.3, 0.4) is 0 Å². The van der Waals surface area contributed by atoms with Crippen LogP contribution < -0.4 is 10.1 Å². The topological polar surface area (TPSA) is 88.4 Å². The Balaban J connectivity index is 2.30. The molecule has 1 heterocycles. The smallest absolute Gasteiger partial charge is 0.348 e. The third-order valence-electron chi connectivity index (χ3n) is 3.21. The lowest BCUT2D eigenvalue weighted by Crippen LogP contribution is -2.11. The molecule has 23 heavy (non-hydrogen) atoms. The lowest BCUT2D eigenvalue weighted by molar-refractivity contribution is 0.0605. The summed E-state index contributed by atoms with van der Waals surface area (Å²) in [5.41, 5.74) is 1.17. The van der Waals surface area contributed by atoms with Gasteiger partial charge in [-0.3, -0.25) is 4.79 Å². The molecule has 2 aromatic rings. The molecule has 0 saturated carbocycles. The van der Waals surface area contributed by atoms with Crippen molar-refractivity contribution in [2.24, 2.45) is 0 Å². The lowest BCUT2D eigenvalue weighted by atomic mass is 10.1. The Labute approximate surface area is 137 Å². The lowest BCUT2D eigenvalue weighted by Gasteiger charge is -2.04. The summed E-state index contributed by atoms with van der Waals surface area (Å²) < 4.78 is 9.72. The average molecular weight is 330 g/mol. The second-order valence-electron chi connectivity index (χ2n) is 4.55. The zero-order valence-corrected chi connectivity index (χ0v) is 13.6. The maximum absolute atomic E-state index is 12.3. The van der Waals surface area contributed by atoms with Crippen LogP contribution in [0.2, 0.25) is 0 Å². The van der Waals surface area contributed by atoms with Gasteiger partial charge in [0.1, 0.15) is 21.7 Å². The van der Waals surface area contributed by atoms with Crippen molar-refractivity contribution in [1.82, 2.24) is 0 Å². The molecule has 118 valence electrons. The number of methoxy groups -OCH3 is 2. The molecule has 0 aliphatic rings. The van der Waals surface area contributed by atoms with E-state index in [2.05, 4.69) is 10.1 Å². The first-order valence-corrected chi connectivity index (χ1v) is 7.40. The fourth-order valence-corrected chi connectivity index (χ4v) is 3.01. The highest BCUT2D eigenvalue weighted by molar-refractivity contribution is 7.18. The van der Waals surface area contributed by atoms with Crippen LogP contribution in [0.15, 0.2) is 24.3 Å². The van der Waals surface area contributed by atoms with Gasteiger partial charge in [-0.2, -0.15) is 5.26 Å². The Morgan fingerprint density at radius 1 is 1.22 bits per heavy atom. The zero-order chi connectivity index (χ0) is 17.0. The van der Waals surface area contributed by atoms with Crippen molar-refractivity contribution in [3.8, 4) is 11.8 Å². The molecular formula is C16H14N2O4S. The van der Waals surface area contributed by atoms with Crippen LogP contribution in [0.1, 0.15) is 31.2 Å². The first-order chi connectivity index (χ1) is 11.0. The van der Waals surface area contributed by atoms with E-state index in [0.29, 0.717) is 26.8 Å². The Kier molecular flexibility index (Phi) is 4.98. The van der Waals surface area contributed by atoms with Gasteiger partial charge in [-0.05, 0) is 36.8 Å². The molecule has 7 heteroatoms. The molecule has 1 amide bonds. The molecule has 0 aliphatic heterocycles. The predicted octanol–water partition coefficient (Wildman–Crippen LogP) is 2.98. The molecule has 0 aliphatic carbocycles. The number of ether oxygens (including phenoxy) is 2. The number of thiophene rings is 1. The third-order valence-corrected chi connectivity index (χ3v) is 4.40. The van der Waals surface area contributed by atoms with Crippen LogP contribution in [0, 0.1) is 18.3 Å². The van der Waals surface area contributed by atoms with E-state index in [1.807, 2.05) is 6.07 Å². The van der Waals surface area contributed by atoms with Crippen LogP contribution in [-0.4, -0.2) is 26.1 Å². The van der Waals surface area contributed by atoms with E-state index in [4.69, 9.17) is 4.74 Å². The van der Waals surface area contributed by atoms with E-state index in [-0.39, 0.29) is 11.5 Å². The van der Waals surface area contributed by atoms with E-state index in [9.17, 15) is 14.9 Å². The monoisotopic (exact) mass is 330 g/mol. The van der Waals surface area contributed by atoms with Crippen molar-refractivity contribution in [3.05, 3.63) is 45.8 Å². The summed E-state index contributed by atoms with van der Waals surface area (Å²) in [5, 5.41) is 12.2. The quantitative estimate of drug-likeness (QED) is 0.871. The van der Waals surface area contributed by atoms with Gasteiger partial charge >= 0.3 is 5.97 Å². The van der Waals surface area contributed by atoms with Crippen molar-refractivity contribution >= 4 is 28.2 Å². The minimum atomic E-state index is -0.533. The second-order valence-corrected chi connectivity index (χ2v) is 5.57. The average Bonchev–Trinajstić information content (AvgIpc) is 2.89. The molecule has 0 radical (unpaired) electrons. The summed E-state index contributed by atoms with van der Waals surface area (Å²) in [6.07, 6.45) is 0. The molecular weight excluding hydrogens is 316 g/mol. The Hall–Kier alpha value is -2.85. The Bertz CT molecular complexity index is 788. The van der Waals surface area contributed by atoms with Crippen molar-refractivity contribution in [3.63, 3.8) is 0 Å². The van der Waals surface area contributed by atoms with Crippen molar-refractivity contribution < 1.29 is 19.1 Å². The highest BCUT2D eigenvalue weighted by atomic mass is 32.1. The minimum absolute atomic E-state index is 0.261. The number of nitriles is 1. The van der Waals surface area contributed by atoms with Crippen LogP contribution in [-0.2, 0) is 4.74 Å². The number of esters is 1. The van der Waals surface area contributed by atoms with Crippen molar-refractivity contribution in [2.75, 3.05) is 19.5 Å². The number of nitrogens with zero attached hydrogens (tertiary/aromatic N) is 1. The maximum Gasteiger partial charge on any atom is 0.348 e. The van der Waals surface area contributed by atoms with Crippen molar-refractivity contribution in [1.29, 1.82) is 5.26 Å². The highest BCUT2D eigenvalue weighted by Gasteiger charge is 2.22. The molecule has 1 N–H and O–H groups in total. The van der Waals surface area contributed by atoms with Gasteiger partial charge in [0.25, 0.3) is 5.91 Å². The molecule has 0 fully saturated rings. The van der Waals surface area contributed by atoms with Crippen molar-refractivity contribution in [2.45, 2.75) is 6.92 Å². The first kappa shape index (κ1) is 16.5. The minimum Gasteiger partial charge on any atom is -0.497 e. The molecule has 0 spiro atoms. The number of nitrogens with one attached hydrogen (secondary N) is 1. The number of hydrogen-bond donors (Lipinski definition) is 1. The normalized spacial score (nSPS) is 9.83. The fourth-order valence-electron chi connectivity index (χ4n) is 1.94. The second kappa shape index (κ2) is 6.94. The SMILES string of the molecule is COC(=O)c1sc(NC(=O)c2ccc(OC)cc2)c(C#N)c1C. The zero-order valence-electron chi connectivity index (χ0n) is 12.8. The van der Waals surface area contributed by atoms with E-state index < -0.39 is 5.97 Å². The molecule has 0 atom stereocenters. The van der Waals surface area contributed by atoms with E-state index in [0.717, 1.165) is 11.3 Å². The molecule has 6 nitrogen and oxygen atoms in total. The van der Waals surface area contributed by atoms with Gasteiger partial charge in [-0.15, -0.1) is 11.3 Å².